The lowest BCUT2D eigenvalue weighted by Crippen LogP contribution is -2.58. The molecule has 14 heavy (non-hydrogen) atoms. The molecule has 0 atom stereocenters. The first-order valence-electron chi connectivity index (χ1n) is 5.64. The minimum Gasteiger partial charge on any atom is -0.447 e. The van der Waals surface area contributed by atoms with Gasteiger partial charge in [0.15, 0.2) is 9.04 Å². The fourth-order valence-corrected chi connectivity index (χ4v) is 10.1. The van der Waals surface area contributed by atoms with Crippen molar-refractivity contribution in [3.63, 3.8) is 0 Å². The maximum absolute atomic E-state index is 6.23. The van der Waals surface area contributed by atoms with E-state index < -0.39 is 17.5 Å². The molecule has 0 rings (SSSR count). The Balaban J connectivity index is 4.62. The van der Waals surface area contributed by atoms with Crippen molar-refractivity contribution in [1.82, 2.24) is 4.57 Å². The van der Waals surface area contributed by atoms with Crippen LogP contribution in [0.15, 0.2) is 0 Å². The predicted octanol–water partition coefficient (Wildman–Crippen LogP) is 2.81. The molecule has 0 unspecified atom stereocenters. The van der Waals surface area contributed by atoms with Gasteiger partial charge in [0, 0.05) is 0 Å². The highest BCUT2D eigenvalue weighted by atomic mass is 28.4. The van der Waals surface area contributed by atoms with Crippen LogP contribution in [0, 0.1) is 0 Å². The highest BCUT2D eigenvalue weighted by molar-refractivity contribution is 6.75. The number of hydrogen-bond donors (Lipinski definition) is 0. The van der Waals surface area contributed by atoms with Crippen LogP contribution in [-0.4, -0.2) is 34.2 Å². The van der Waals surface area contributed by atoms with E-state index in [9.17, 15) is 0 Å². The summed E-state index contributed by atoms with van der Waals surface area (Å²) in [5.74, 6) is 0. The second-order valence-electron chi connectivity index (χ2n) is 5.21. The van der Waals surface area contributed by atoms with Gasteiger partial charge in [-0.2, -0.15) is 0 Å². The van der Waals surface area contributed by atoms with E-state index in [0.29, 0.717) is 12.1 Å². The van der Waals surface area contributed by atoms with E-state index in [4.69, 9.17) is 4.12 Å². The number of hydrogen-bond acceptors (Lipinski definition) is 2. The molecule has 0 aliphatic rings. The zero-order chi connectivity index (χ0) is 11.5. The molecule has 0 aromatic heterocycles. The lowest BCUT2D eigenvalue weighted by atomic mass is 10.3. The Kier molecular flexibility index (Phi) is 5.58. The van der Waals surface area contributed by atoms with Crippen LogP contribution in [0.4, 0.5) is 0 Å². The van der Waals surface area contributed by atoms with E-state index in [1.807, 2.05) is 0 Å². The van der Waals surface area contributed by atoms with Gasteiger partial charge in [0.1, 0.15) is 0 Å². The molecule has 0 heterocycles. The van der Waals surface area contributed by atoms with Gasteiger partial charge in [-0.05, 0) is 38.3 Å². The standard InChI is InChI=1S/C10H27NOSi2/c1-9(2)11(10(3)4)14(7,8)12-13(5)6/h9-10,13H,1-8H3. The van der Waals surface area contributed by atoms with Crippen molar-refractivity contribution in [2.75, 3.05) is 0 Å². The first-order chi connectivity index (χ1) is 6.18. The van der Waals surface area contributed by atoms with Gasteiger partial charge in [0.05, 0.1) is 0 Å². The third kappa shape index (κ3) is 4.25. The quantitative estimate of drug-likeness (QED) is 0.677. The molecule has 4 heteroatoms. The fraction of sp³-hybridized carbons (Fsp3) is 1.00. The van der Waals surface area contributed by atoms with Crippen LogP contribution in [-0.2, 0) is 4.12 Å². The Labute approximate surface area is 92.6 Å². The molecule has 0 radical (unpaired) electrons. The third-order valence-corrected chi connectivity index (χ3v) is 8.73. The summed E-state index contributed by atoms with van der Waals surface area (Å²) in [7, 11) is -2.54. The van der Waals surface area contributed by atoms with Crippen LogP contribution in [0.2, 0.25) is 26.2 Å². The highest BCUT2D eigenvalue weighted by Crippen LogP contribution is 2.19. The van der Waals surface area contributed by atoms with Crippen LogP contribution in [0.1, 0.15) is 27.7 Å². The molecule has 0 saturated carbocycles. The van der Waals surface area contributed by atoms with Gasteiger partial charge in [-0.1, -0.05) is 27.7 Å². The van der Waals surface area contributed by atoms with Gasteiger partial charge in [0.2, 0.25) is 0 Å². The molecular formula is C10H27NOSi2. The highest BCUT2D eigenvalue weighted by Gasteiger charge is 2.35. The van der Waals surface area contributed by atoms with Crippen molar-refractivity contribution >= 4 is 17.5 Å². The monoisotopic (exact) mass is 233 g/mol. The summed E-state index contributed by atoms with van der Waals surface area (Å²) in [6.07, 6.45) is 0. The predicted molar refractivity (Wildman–Crippen MR) is 69.6 cm³/mol. The average Bonchev–Trinajstić information content (AvgIpc) is 1.77. The second kappa shape index (κ2) is 5.44. The molecule has 0 saturated heterocycles. The molecule has 0 bridgehead atoms. The zero-order valence-corrected chi connectivity index (χ0v) is 13.2. The van der Waals surface area contributed by atoms with Crippen LogP contribution < -0.4 is 0 Å². The molecule has 0 aliphatic carbocycles. The van der Waals surface area contributed by atoms with Crippen molar-refractivity contribution in [2.24, 2.45) is 0 Å². The van der Waals surface area contributed by atoms with Gasteiger partial charge < -0.3 is 4.12 Å². The normalized spacial score (nSPS) is 13.7. The van der Waals surface area contributed by atoms with Crippen LogP contribution >= 0.6 is 0 Å². The molecule has 2 nitrogen and oxygen atoms in total. The minimum absolute atomic E-state index is 0.587. The lowest BCUT2D eigenvalue weighted by Gasteiger charge is -2.43. The minimum atomic E-state index is -1.63. The summed E-state index contributed by atoms with van der Waals surface area (Å²) in [6.45, 7) is 18.2. The van der Waals surface area contributed by atoms with Crippen molar-refractivity contribution in [2.45, 2.75) is 66.0 Å². The maximum Gasteiger partial charge on any atom is 0.254 e. The molecule has 0 amide bonds. The Morgan fingerprint density at radius 2 is 1.36 bits per heavy atom. The number of nitrogens with zero attached hydrogens (tertiary/aromatic N) is 1. The molecule has 0 N–H and O–H groups in total. The van der Waals surface area contributed by atoms with E-state index >= 15 is 0 Å². The van der Waals surface area contributed by atoms with E-state index in [2.05, 4.69) is 58.4 Å². The van der Waals surface area contributed by atoms with Gasteiger partial charge >= 0.3 is 0 Å². The third-order valence-electron chi connectivity index (χ3n) is 2.26. The van der Waals surface area contributed by atoms with Gasteiger partial charge in [0.25, 0.3) is 8.48 Å². The molecule has 0 aromatic rings. The van der Waals surface area contributed by atoms with E-state index in [1.54, 1.807) is 0 Å². The Hall–Kier alpha value is 0.354. The zero-order valence-electron chi connectivity index (χ0n) is 11.1. The first kappa shape index (κ1) is 14.4. The maximum atomic E-state index is 6.23. The summed E-state index contributed by atoms with van der Waals surface area (Å²) < 4.78 is 8.80. The molecule has 0 aromatic carbocycles. The Morgan fingerprint density at radius 3 is 1.57 bits per heavy atom. The summed E-state index contributed by atoms with van der Waals surface area (Å²) in [5.41, 5.74) is 0. The summed E-state index contributed by atoms with van der Waals surface area (Å²) in [5, 5.41) is 0. The lowest BCUT2D eigenvalue weighted by molar-refractivity contribution is 0.255. The van der Waals surface area contributed by atoms with Crippen LogP contribution in [0.3, 0.4) is 0 Å². The van der Waals surface area contributed by atoms with Crippen LogP contribution in [0.25, 0.3) is 0 Å². The van der Waals surface area contributed by atoms with E-state index in [0.717, 1.165) is 0 Å². The molecule has 0 spiro atoms. The topological polar surface area (TPSA) is 12.5 Å². The van der Waals surface area contributed by atoms with Crippen molar-refractivity contribution < 1.29 is 4.12 Å². The molecule has 0 fully saturated rings. The summed E-state index contributed by atoms with van der Waals surface area (Å²) in [4.78, 5) is 0. The van der Waals surface area contributed by atoms with Crippen molar-refractivity contribution in [3.05, 3.63) is 0 Å². The molecule has 0 aliphatic heterocycles. The van der Waals surface area contributed by atoms with E-state index in [-0.39, 0.29) is 0 Å². The Morgan fingerprint density at radius 1 is 1.00 bits per heavy atom. The van der Waals surface area contributed by atoms with Gasteiger partial charge in [-0.25, -0.2) is 0 Å². The van der Waals surface area contributed by atoms with Gasteiger partial charge in [-0.15, -0.1) is 0 Å². The Bertz CT molecular complexity index is 162. The second-order valence-corrected chi connectivity index (χ2v) is 11.7. The van der Waals surface area contributed by atoms with E-state index in [1.165, 1.54) is 0 Å². The largest absolute Gasteiger partial charge is 0.447 e. The SMILES string of the molecule is CC(C)N(C(C)C)[Si](C)(C)O[SiH](C)C. The molecular weight excluding hydrogens is 206 g/mol. The van der Waals surface area contributed by atoms with Crippen molar-refractivity contribution in [3.8, 4) is 0 Å². The van der Waals surface area contributed by atoms with Gasteiger partial charge in [-0.3, -0.25) is 4.57 Å². The molecule has 86 valence electrons. The van der Waals surface area contributed by atoms with Crippen LogP contribution in [0.5, 0.6) is 0 Å². The number of rotatable bonds is 5. The average molecular weight is 234 g/mol. The summed E-state index contributed by atoms with van der Waals surface area (Å²) >= 11 is 0. The van der Waals surface area contributed by atoms with Crippen molar-refractivity contribution in [1.29, 1.82) is 0 Å². The first-order valence-corrected chi connectivity index (χ1v) is 11.3. The summed E-state index contributed by atoms with van der Waals surface area (Å²) in [6, 6.07) is 1.17. The smallest absolute Gasteiger partial charge is 0.254 e. The fourth-order valence-electron chi connectivity index (χ4n) is 2.48.